The average molecular weight is 385 g/mol. The van der Waals surface area contributed by atoms with Gasteiger partial charge in [0.25, 0.3) is 0 Å². The number of ether oxygens (including phenoxy) is 2. The number of carbonyl (C=O) groups is 1. The molecular weight excluding hydrogens is 352 g/mol. The maximum atomic E-state index is 12.4. The van der Waals surface area contributed by atoms with E-state index >= 15 is 0 Å². The summed E-state index contributed by atoms with van der Waals surface area (Å²) in [7, 11) is 3.32. The highest BCUT2D eigenvalue weighted by molar-refractivity contribution is 5.76. The molecule has 0 saturated heterocycles. The minimum Gasteiger partial charge on any atom is -0.497 e. The topological polar surface area (TPSA) is 50.8 Å². The molecule has 0 bridgehead atoms. The van der Waals surface area contributed by atoms with E-state index in [1.807, 2.05) is 36.4 Å². The molecule has 5 heteroatoms. The predicted octanol–water partition coefficient (Wildman–Crippen LogP) is 3.84. The van der Waals surface area contributed by atoms with E-state index in [2.05, 4.69) is 36.2 Å². The maximum Gasteiger partial charge on any atom is 0.220 e. The standard InChI is InChI=1S/C23H32N2O3/c1-5-25(6-2)22(19-10-14-21(28-4)15-11-19)17-24-23(26)16-9-18-7-12-20(27-3)13-8-18/h7-8,10-15,22H,5-6,9,16-17H2,1-4H3,(H,24,26). The molecule has 2 aromatic rings. The summed E-state index contributed by atoms with van der Waals surface area (Å²) < 4.78 is 10.4. The third-order valence-electron chi connectivity index (χ3n) is 5.05. The molecule has 2 rings (SSSR count). The van der Waals surface area contributed by atoms with E-state index in [-0.39, 0.29) is 11.9 Å². The Bertz CT molecular complexity index is 710. The van der Waals surface area contributed by atoms with E-state index in [9.17, 15) is 4.79 Å². The van der Waals surface area contributed by atoms with Gasteiger partial charge in [-0.25, -0.2) is 0 Å². The number of nitrogens with one attached hydrogen (secondary N) is 1. The molecule has 0 fully saturated rings. The van der Waals surface area contributed by atoms with Gasteiger partial charge in [-0.15, -0.1) is 0 Å². The van der Waals surface area contributed by atoms with Crippen molar-refractivity contribution in [3.05, 3.63) is 59.7 Å². The minimum atomic E-state index is 0.0708. The first-order chi connectivity index (χ1) is 13.6. The van der Waals surface area contributed by atoms with Gasteiger partial charge in [-0.3, -0.25) is 9.69 Å². The summed E-state index contributed by atoms with van der Waals surface area (Å²) in [6.07, 6.45) is 1.19. The highest BCUT2D eigenvalue weighted by atomic mass is 16.5. The van der Waals surface area contributed by atoms with E-state index in [0.29, 0.717) is 19.4 Å². The fraction of sp³-hybridized carbons (Fsp3) is 0.435. The fourth-order valence-electron chi connectivity index (χ4n) is 3.30. The second-order valence-electron chi connectivity index (χ2n) is 6.66. The van der Waals surface area contributed by atoms with Gasteiger partial charge in [0.05, 0.1) is 20.3 Å². The van der Waals surface area contributed by atoms with Crippen LogP contribution in [0.4, 0.5) is 0 Å². The van der Waals surface area contributed by atoms with Crippen LogP contribution in [-0.4, -0.2) is 44.7 Å². The highest BCUT2D eigenvalue weighted by Gasteiger charge is 2.19. The van der Waals surface area contributed by atoms with Crippen molar-refractivity contribution in [2.45, 2.75) is 32.7 Å². The Kier molecular flexibility index (Phi) is 8.82. The van der Waals surface area contributed by atoms with E-state index < -0.39 is 0 Å². The van der Waals surface area contributed by atoms with Gasteiger partial charge in [-0.1, -0.05) is 38.1 Å². The Labute approximate surface area is 168 Å². The third kappa shape index (κ3) is 6.27. The smallest absolute Gasteiger partial charge is 0.220 e. The molecule has 0 aliphatic carbocycles. The molecule has 152 valence electrons. The second-order valence-corrected chi connectivity index (χ2v) is 6.66. The summed E-state index contributed by atoms with van der Waals surface area (Å²) >= 11 is 0. The van der Waals surface area contributed by atoms with Crippen molar-refractivity contribution in [3.63, 3.8) is 0 Å². The van der Waals surface area contributed by atoms with Gasteiger partial charge in [0.2, 0.25) is 5.91 Å². The van der Waals surface area contributed by atoms with Crippen LogP contribution in [0, 0.1) is 0 Å². The van der Waals surface area contributed by atoms with Crippen molar-refractivity contribution in [1.29, 1.82) is 0 Å². The number of methoxy groups -OCH3 is 2. The number of benzene rings is 2. The SMILES string of the molecule is CCN(CC)C(CNC(=O)CCc1ccc(OC)cc1)c1ccc(OC)cc1. The Morgan fingerprint density at radius 3 is 1.96 bits per heavy atom. The second kappa shape index (κ2) is 11.3. The van der Waals surface area contributed by atoms with Crippen molar-refractivity contribution in [3.8, 4) is 11.5 Å². The van der Waals surface area contributed by atoms with Crippen LogP contribution < -0.4 is 14.8 Å². The summed E-state index contributed by atoms with van der Waals surface area (Å²) in [5.41, 5.74) is 2.31. The van der Waals surface area contributed by atoms with Crippen LogP contribution in [0.15, 0.2) is 48.5 Å². The van der Waals surface area contributed by atoms with Gasteiger partial charge in [-0.2, -0.15) is 0 Å². The molecule has 2 aromatic carbocycles. The molecule has 1 amide bonds. The Morgan fingerprint density at radius 1 is 0.929 bits per heavy atom. The predicted molar refractivity (Wildman–Crippen MR) is 113 cm³/mol. The van der Waals surface area contributed by atoms with Crippen LogP contribution in [0.1, 0.15) is 37.4 Å². The number of rotatable bonds is 11. The third-order valence-corrected chi connectivity index (χ3v) is 5.05. The van der Waals surface area contributed by atoms with Gasteiger partial charge in [0, 0.05) is 13.0 Å². The molecule has 1 unspecified atom stereocenters. The molecule has 0 aliphatic rings. The Hall–Kier alpha value is -2.53. The largest absolute Gasteiger partial charge is 0.497 e. The lowest BCUT2D eigenvalue weighted by Gasteiger charge is -2.30. The van der Waals surface area contributed by atoms with Crippen molar-refractivity contribution >= 4 is 5.91 Å². The summed E-state index contributed by atoms with van der Waals surface area (Å²) in [5, 5.41) is 3.12. The van der Waals surface area contributed by atoms with Gasteiger partial charge in [0.15, 0.2) is 0 Å². The number of carbonyl (C=O) groups excluding carboxylic acids is 1. The summed E-state index contributed by atoms with van der Waals surface area (Å²) in [4.78, 5) is 14.8. The van der Waals surface area contributed by atoms with E-state index in [1.165, 1.54) is 5.56 Å². The van der Waals surface area contributed by atoms with E-state index in [1.54, 1.807) is 14.2 Å². The number of amides is 1. The van der Waals surface area contributed by atoms with Crippen LogP contribution in [-0.2, 0) is 11.2 Å². The lowest BCUT2D eigenvalue weighted by molar-refractivity contribution is -0.121. The zero-order chi connectivity index (χ0) is 20.4. The monoisotopic (exact) mass is 384 g/mol. The molecule has 0 aromatic heterocycles. The zero-order valence-electron chi connectivity index (χ0n) is 17.4. The molecule has 5 nitrogen and oxygen atoms in total. The summed E-state index contributed by atoms with van der Waals surface area (Å²) in [5.74, 6) is 1.74. The molecular formula is C23H32N2O3. The van der Waals surface area contributed by atoms with Crippen LogP contribution in [0.5, 0.6) is 11.5 Å². The van der Waals surface area contributed by atoms with Crippen LogP contribution in [0.25, 0.3) is 0 Å². The van der Waals surface area contributed by atoms with Gasteiger partial charge >= 0.3 is 0 Å². The molecule has 28 heavy (non-hydrogen) atoms. The van der Waals surface area contributed by atoms with Crippen LogP contribution in [0.3, 0.4) is 0 Å². The quantitative estimate of drug-likeness (QED) is 0.640. The summed E-state index contributed by atoms with van der Waals surface area (Å²) in [6, 6.07) is 16.1. The van der Waals surface area contributed by atoms with E-state index in [4.69, 9.17) is 9.47 Å². The normalized spacial score (nSPS) is 11.9. The molecule has 0 saturated carbocycles. The maximum absolute atomic E-state index is 12.4. The molecule has 0 radical (unpaired) electrons. The highest BCUT2D eigenvalue weighted by Crippen LogP contribution is 2.22. The van der Waals surface area contributed by atoms with Crippen LogP contribution in [0.2, 0.25) is 0 Å². The summed E-state index contributed by atoms with van der Waals surface area (Å²) in [6.45, 7) is 6.73. The van der Waals surface area contributed by atoms with Gasteiger partial charge in [0.1, 0.15) is 11.5 Å². The number of likely N-dealkylation sites (N-methyl/N-ethyl adjacent to an activating group) is 1. The van der Waals surface area contributed by atoms with Crippen molar-refractivity contribution in [2.75, 3.05) is 33.9 Å². The molecule has 1 atom stereocenters. The molecule has 0 spiro atoms. The van der Waals surface area contributed by atoms with E-state index in [0.717, 1.165) is 30.2 Å². The lowest BCUT2D eigenvalue weighted by atomic mass is 10.0. The van der Waals surface area contributed by atoms with Crippen molar-refractivity contribution in [1.82, 2.24) is 10.2 Å². The molecule has 0 aliphatic heterocycles. The first-order valence-electron chi connectivity index (χ1n) is 9.88. The van der Waals surface area contributed by atoms with Crippen molar-refractivity contribution in [2.24, 2.45) is 0 Å². The molecule has 1 N–H and O–H groups in total. The minimum absolute atomic E-state index is 0.0708. The number of hydrogen-bond donors (Lipinski definition) is 1. The number of hydrogen-bond acceptors (Lipinski definition) is 4. The Morgan fingerprint density at radius 2 is 1.46 bits per heavy atom. The van der Waals surface area contributed by atoms with Crippen LogP contribution >= 0.6 is 0 Å². The number of aryl methyl sites for hydroxylation is 1. The van der Waals surface area contributed by atoms with Crippen molar-refractivity contribution < 1.29 is 14.3 Å². The average Bonchev–Trinajstić information content (AvgIpc) is 2.75. The first-order valence-corrected chi connectivity index (χ1v) is 9.88. The fourth-order valence-corrected chi connectivity index (χ4v) is 3.30. The molecule has 0 heterocycles. The van der Waals surface area contributed by atoms with Gasteiger partial charge in [-0.05, 0) is 54.9 Å². The zero-order valence-corrected chi connectivity index (χ0v) is 17.4. The Balaban J connectivity index is 1.94. The first kappa shape index (κ1) is 21.8. The van der Waals surface area contributed by atoms with Gasteiger partial charge < -0.3 is 14.8 Å². The number of nitrogens with zero attached hydrogens (tertiary/aromatic N) is 1. The lowest BCUT2D eigenvalue weighted by Crippen LogP contribution is -2.38.